The molecule has 1 atom stereocenters. The van der Waals surface area contributed by atoms with Crippen LogP contribution in [0.5, 0.6) is 0 Å². The molecule has 1 fully saturated rings. The van der Waals surface area contributed by atoms with Gasteiger partial charge in [0.05, 0.1) is 0 Å². The monoisotopic (exact) mass is 204 g/mol. The van der Waals surface area contributed by atoms with Gasteiger partial charge < -0.3 is 0 Å². The van der Waals surface area contributed by atoms with Gasteiger partial charge in [-0.05, 0) is 62.9 Å². The Hall–Kier alpha value is -0.520. The molecule has 0 bridgehead atoms. The molecule has 0 saturated heterocycles. The van der Waals surface area contributed by atoms with Gasteiger partial charge >= 0.3 is 0 Å². The van der Waals surface area contributed by atoms with Crippen molar-refractivity contribution in [1.82, 2.24) is 0 Å². The zero-order valence-corrected chi connectivity index (χ0v) is 10.3. The fraction of sp³-hybridized carbons (Fsp3) is 0.733. The molecular weight excluding hydrogens is 180 g/mol. The Labute approximate surface area is 94.5 Å². The molecule has 0 nitrogen and oxygen atoms in total. The Kier molecular flexibility index (Phi) is 3.66. The molecule has 0 spiro atoms. The van der Waals surface area contributed by atoms with E-state index in [1.54, 1.807) is 16.7 Å². The van der Waals surface area contributed by atoms with Crippen LogP contribution in [-0.2, 0) is 0 Å². The van der Waals surface area contributed by atoms with Crippen LogP contribution < -0.4 is 0 Å². The van der Waals surface area contributed by atoms with Crippen LogP contribution >= 0.6 is 0 Å². The van der Waals surface area contributed by atoms with Crippen molar-refractivity contribution >= 4 is 0 Å². The van der Waals surface area contributed by atoms with E-state index in [0.29, 0.717) is 0 Å². The lowest BCUT2D eigenvalue weighted by atomic mass is 9.96. The van der Waals surface area contributed by atoms with Crippen LogP contribution in [0.15, 0.2) is 22.8 Å². The van der Waals surface area contributed by atoms with Gasteiger partial charge in [-0.1, -0.05) is 31.1 Å². The number of hydrogen-bond donors (Lipinski definition) is 0. The molecule has 0 aromatic rings. The highest BCUT2D eigenvalue weighted by atomic mass is 14.3. The second kappa shape index (κ2) is 5.01. The topological polar surface area (TPSA) is 0 Å². The van der Waals surface area contributed by atoms with Crippen LogP contribution in [0.25, 0.3) is 0 Å². The van der Waals surface area contributed by atoms with Crippen LogP contribution in [0, 0.1) is 5.92 Å². The lowest BCUT2D eigenvalue weighted by Gasteiger charge is -2.09. The van der Waals surface area contributed by atoms with Crippen LogP contribution in [-0.4, -0.2) is 0 Å². The van der Waals surface area contributed by atoms with Crippen molar-refractivity contribution in [2.45, 2.75) is 65.2 Å². The third kappa shape index (κ3) is 2.35. The van der Waals surface area contributed by atoms with E-state index in [-0.39, 0.29) is 0 Å². The molecule has 0 radical (unpaired) electrons. The first-order chi connectivity index (χ1) is 7.35. The molecule has 2 aliphatic carbocycles. The highest BCUT2D eigenvalue weighted by Crippen LogP contribution is 2.37. The molecule has 0 aliphatic heterocycles. The summed E-state index contributed by atoms with van der Waals surface area (Å²) < 4.78 is 0. The Morgan fingerprint density at radius 2 is 2.00 bits per heavy atom. The zero-order chi connectivity index (χ0) is 10.7. The highest BCUT2D eigenvalue weighted by Gasteiger charge is 2.20. The summed E-state index contributed by atoms with van der Waals surface area (Å²) in [6.07, 6.45) is 13.6. The highest BCUT2D eigenvalue weighted by molar-refractivity contribution is 5.33. The first-order valence-corrected chi connectivity index (χ1v) is 6.76. The zero-order valence-electron chi connectivity index (χ0n) is 10.3. The quantitative estimate of drug-likeness (QED) is 0.606. The number of allylic oxidation sites excluding steroid dienone is 4. The summed E-state index contributed by atoms with van der Waals surface area (Å²) in [6.45, 7) is 4.65. The third-order valence-electron chi connectivity index (χ3n) is 4.20. The van der Waals surface area contributed by atoms with Gasteiger partial charge in [0.25, 0.3) is 0 Å². The van der Waals surface area contributed by atoms with Crippen LogP contribution in [0.1, 0.15) is 65.2 Å². The number of rotatable bonds is 3. The molecular formula is C15H24. The molecule has 2 aliphatic rings. The van der Waals surface area contributed by atoms with E-state index in [9.17, 15) is 0 Å². The first-order valence-electron chi connectivity index (χ1n) is 6.76. The van der Waals surface area contributed by atoms with E-state index in [2.05, 4.69) is 19.9 Å². The third-order valence-corrected chi connectivity index (χ3v) is 4.20. The first kappa shape index (κ1) is 11.0. The van der Waals surface area contributed by atoms with Gasteiger partial charge in [-0.15, -0.1) is 0 Å². The minimum Gasteiger partial charge on any atom is -0.0673 e. The smallest absolute Gasteiger partial charge is 0.0203 e. The van der Waals surface area contributed by atoms with Crippen molar-refractivity contribution in [3.63, 3.8) is 0 Å². The normalized spacial score (nSPS) is 29.5. The summed E-state index contributed by atoms with van der Waals surface area (Å²) in [6, 6.07) is 0. The standard InChI is InChI=1S/C15H24/c1-3-12-7-5-9-14(12)11-15-10-6-8-13(15)4-2/h11-12H,3-10H2,1-2H3/b14-11-. The lowest BCUT2D eigenvalue weighted by Crippen LogP contribution is -1.94. The molecule has 0 amide bonds. The van der Waals surface area contributed by atoms with Gasteiger partial charge in [0, 0.05) is 0 Å². The average Bonchev–Trinajstić information content (AvgIpc) is 2.87. The number of hydrogen-bond acceptors (Lipinski definition) is 0. The summed E-state index contributed by atoms with van der Waals surface area (Å²) in [7, 11) is 0. The van der Waals surface area contributed by atoms with Crippen molar-refractivity contribution in [3.05, 3.63) is 22.8 Å². The van der Waals surface area contributed by atoms with Crippen molar-refractivity contribution in [2.75, 3.05) is 0 Å². The largest absolute Gasteiger partial charge is 0.0673 e. The minimum atomic E-state index is 0.913. The van der Waals surface area contributed by atoms with Gasteiger partial charge in [-0.3, -0.25) is 0 Å². The van der Waals surface area contributed by atoms with Crippen LogP contribution in [0.4, 0.5) is 0 Å². The summed E-state index contributed by atoms with van der Waals surface area (Å²) >= 11 is 0. The molecule has 0 aromatic heterocycles. The molecule has 0 heterocycles. The Morgan fingerprint density at radius 3 is 2.73 bits per heavy atom. The van der Waals surface area contributed by atoms with E-state index in [1.165, 1.54) is 51.4 Å². The predicted octanol–water partition coefficient (Wildman–Crippen LogP) is 5.01. The lowest BCUT2D eigenvalue weighted by molar-refractivity contribution is 0.605. The molecule has 1 saturated carbocycles. The predicted molar refractivity (Wildman–Crippen MR) is 66.9 cm³/mol. The minimum absolute atomic E-state index is 0.913. The van der Waals surface area contributed by atoms with Gasteiger partial charge in [0.1, 0.15) is 0 Å². The second-order valence-corrected chi connectivity index (χ2v) is 5.05. The van der Waals surface area contributed by atoms with Gasteiger partial charge in [-0.2, -0.15) is 0 Å². The average molecular weight is 204 g/mol. The van der Waals surface area contributed by atoms with Gasteiger partial charge in [0.15, 0.2) is 0 Å². The molecule has 0 aromatic carbocycles. The van der Waals surface area contributed by atoms with Gasteiger partial charge in [0.2, 0.25) is 0 Å². The van der Waals surface area contributed by atoms with Crippen LogP contribution in [0.2, 0.25) is 0 Å². The van der Waals surface area contributed by atoms with Crippen molar-refractivity contribution in [3.8, 4) is 0 Å². The summed E-state index contributed by atoms with van der Waals surface area (Å²) in [5, 5.41) is 0. The maximum atomic E-state index is 2.58. The summed E-state index contributed by atoms with van der Waals surface area (Å²) in [5.74, 6) is 0.913. The van der Waals surface area contributed by atoms with Crippen molar-refractivity contribution in [1.29, 1.82) is 0 Å². The fourth-order valence-electron chi connectivity index (χ4n) is 3.23. The maximum absolute atomic E-state index is 2.58. The molecule has 84 valence electrons. The van der Waals surface area contributed by atoms with Crippen LogP contribution in [0.3, 0.4) is 0 Å². The van der Waals surface area contributed by atoms with Gasteiger partial charge in [-0.25, -0.2) is 0 Å². The SMILES string of the molecule is CCC1=C(/C=C2/CCCC2CC)CCC1. The summed E-state index contributed by atoms with van der Waals surface area (Å²) in [4.78, 5) is 0. The Balaban J connectivity index is 2.14. The maximum Gasteiger partial charge on any atom is -0.0203 e. The van der Waals surface area contributed by atoms with E-state index >= 15 is 0 Å². The molecule has 0 N–H and O–H groups in total. The molecule has 15 heavy (non-hydrogen) atoms. The summed E-state index contributed by atoms with van der Waals surface area (Å²) in [5.41, 5.74) is 5.21. The fourth-order valence-corrected chi connectivity index (χ4v) is 3.23. The molecule has 1 unspecified atom stereocenters. The Morgan fingerprint density at radius 1 is 1.13 bits per heavy atom. The van der Waals surface area contributed by atoms with Crippen molar-refractivity contribution < 1.29 is 0 Å². The van der Waals surface area contributed by atoms with Crippen molar-refractivity contribution in [2.24, 2.45) is 5.92 Å². The second-order valence-electron chi connectivity index (χ2n) is 5.05. The van der Waals surface area contributed by atoms with E-state index in [1.807, 2.05) is 0 Å². The van der Waals surface area contributed by atoms with E-state index in [4.69, 9.17) is 0 Å². The van der Waals surface area contributed by atoms with E-state index < -0.39 is 0 Å². The molecule has 2 rings (SSSR count). The Bertz CT molecular complexity index is 280. The van der Waals surface area contributed by atoms with E-state index in [0.717, 1.165) is 5.92 Å². The molecule has 0 heteroatoms.